The first-order valence-corrected chi connectivity index (χ1v) is 10.3. The Morgan fingerprint density at radius 1 is 1.07 bits per heavy atom. The van der Waals surface area contributed by atoms with Gasteiger partial charge in [0.05, 0.1) is 11.9 Å². The third-order valence-electron chi connectivity index (χ3n) is 4.32. The Morgan fingerprint density at radius 2 is 1.62 bits per heavy atom. The topological polar surface area (TPSA) is 61.4 Å². The second-order valence-corrected chi connectivity index (χ2v) is 8.46. The molecule has 7 heteroatoms. The number of benzene rings is 2. The average Bonchev–Trinajstić information content (AvgIpc) is 2.98. The zero-order valence-corrected chi connectivity index (χ0v) is 19.3. The number of nitriles is 1. The van der Waals surface area contributed by atoms with Gasteiger partial charge in [0.1, 0.15) is 17.5 Å². The molecule has 3 rings (SSSR count). The van der Waals surface area contributed by atoms with Gasteiger partial charge in [0.15, 0.2) is 0 Å². The summed E-state index contributed by atoms with van der Waals surface area (Å²) in [7, 11) is 3.68. The predicted molar refractivity (Wildman–Crippen MR) is 122 cm³/mol. The molecule has 0 spiro atoms. The smallest absolute Gasteiger partial charge is 0.212 e. The van der Waals surface area contributed by atoms with E-state index in [1.54, 1.807) is 27.9 Å². The fraction of sp³-hybridized carbons (Fsp3) is 0.136. The highest BCUT2D eigenvalue weighted by Gasteiger charge is 2.27. The van der Waals surface area contributed by atoms with Crippen molar-refractivity contribution in [1.29, 1.82) is 5.26 Å². The van der Waals surface area contributed by atoms with Crippen molar-refractivity contribution in [3.05, 3.63) is 80.0 Å². The number of aliphatic imine (C=N–C) groups is 1. The Kier molecular flexibility index (Phi) is 6.36. The summed E-state index contributed by atoms with van der Waals surface area (Å²) in [5.41, 5.74) is 3.09. The Morgan fingerprint density at radius 3 is 2.14 bits per heavy atom. The predicted octanol–water partition coefficient (Wildman–Crippen LogP) is 5.63. The van der Waals surface area contributed by atoms with E-state index in [1.165, 1.54) is 0 Å². The largest absolute Gasteiger partial charge is 0.369 e. The van der Waals surface area contributed by atoms with Gasteiger partial charge in [0.2, 0.25) is 5.78 Å². The lowest BCUT2D eigenvalue weighted by molar-refractivity contribution is 0.103. The van der Waals surface area contributed by atoms with Crippen molar-refractivity contribution >= 4 is 49.7 Å². The summed E-state index contributed by atoms with van der Waals surface area (Å²) in [5.74, 6) is -0.198. The van der Waals surface area contributed by atoms with Crippen LogP contribution in [-0.2, 0) is 0 Å². The Hall–Kier alpha value is -2.69. The molecule has 0 aliphatic rings. The minimum Gasteiger partial charge on any atom is -0.369 e. The SMILES string of the molecule is Cc1c(C#N)c(N=CN(C)C)c(C(=O)c2ccc(Br)cc2)n1-c1ccc(Br)cc1. The van der Waals surface area contributed by atoms with Crippen LogP contribution in [-0.4, -0.2) is 35.7 Å². The second-order valence-electron chi connectivity index (χ2n) is 6.63. The molecular weight excluding hydrogens is 496 g/mol. The summed E-state index contributed by atoms with van der Waals surface area (Å²) < 4.78 is 3.62. The molecule has 0 aliphatic carbocycles. The first-order valence-electron chi connectivity index (χ1n) is 8.75. The number of halogens is 2. The summed E-state index contributed by atoms with van der Waals surface area (Å²) in [5, 5.41) is 9.81. The first-order chi connectivity index (χ1) is 13.8. The summed E-state index contributed by atoms with van der Waals surface area (Å²) in [6.07, 6.45) is 1.60. The van der Waals surface area contributed by atoms with Crippen molar-refractivity contribution in [2.45, 2.75) is 6.92 Å². The van der Waals surface area contributed by atoms with Gasteiger partial charge in [0, 0.05) is 40.0 Å². The van der Waals surface area contributed by atoms with Gasteiger partial charge < -0.3 is 9.47 Å². The van der Waals surface area contributed by atoms with E-state index in [-0.39, 0.29) is 5.78 Å². The zero-order valence-electron chi connectivity index (χ0n) is 16.1. The van der Waals surface area contributed by atoms with Crippen molar-refractivity contribution in [2.75, 3.05) is 14.1 Å². The van der Waals surface area contributed by atoms with Crippen molar-refractivity contribution in [3.8, 4) is 11.8 Å². The molecule has 29 heavy (non-hydrogen) atoms. The molecule has 0 saturated heterocycles. The van der Waals surface area contributed by atoms with Crippen molar-refractivity contribution in [3.63, 3.8) is 0 Å². The summed E-state index contributed by atoms with van der Waals surface area (Å²) in [6, 6.07) is 17.0. The Labute approximate surface area is 186 Å². The minimum absolute atomic E-state index is 0.198. The maximum absolute atomic E-state index is 13.5. The van der Waals surface area contributed by atoms with Gasteiger partial charge in [0.25, 0.3) is 0 Å². The number of ketones is 1. The van der Waals surface area contributed by atoms with Gasteiger partial charge in [-0.2, -0.15) is 5.26 Å². The fourth-order valence-electron chi connectivity index (χ4n) is 2.97. The quantitative estimate of drug-likeness (QED) is 0.252. The van der Waals surface area contributed by atoms with E-state index in [2.05, 4.69) is 42.9 Å². The number of nitrogens with zero attached hydrogens (tertiary/aromatic N) is 4. The molecular formula is C22H18Br2N4O. The number of hydrogen-bond acceptors (Lipinski definition) is 3. The van der Waals surface area contributed by atoms with Crippen LogP contribution < -0.4 is 0 Å². The van der Waals surface area contributed by atoms with Crippen molar-refractivity contribution in [1.82, 2.24) is 9.47 Å². The van der Waals surface area contributed by atoms with E-state index < -0.39 is 0 Å². The molecule has 0 saturated carbocycles. The zero-order chi connectivity index (χ0) is 21.1. The maximum atomic E-state index is 13.5. The number of hydrogen-bond donors (Lipinski definition) is 0. The van der Waals surface area contributed by atoms with Crippen molar-refractivity contribution < 1.29 is 4.79 Å². The molecule has 0 amide bonds. The number of carbonyl (C=O) groups excluding carboxylic acids is 1. The second kappa shape index (κ2) is 8.76. The van der Waals surface area contributed by atoms with Crippen LogP contribution in [0.2, 0.25) is 0 Å². The number of rotatable bonds is 5. The van der Waals surface area contributed by atoms with Crippen LogP contribution in [0.4, 0.5) is 5.69 Å². The van der Waals surface area contributed by atoms with E-state index in [0.717, 1.165) is 14.6 Å². The summed E-state index contributed by atoms with van der Waals surface area (Å²) in [6.45, 7) is 1.83. The fourth-order valence-corrected chi connectivity index (χ4v) is 3.50. The lowest BCUT2D eigenvalue weighted by Gasteiger charge is -2.12. The lowest BCUT2D eigenvalue weighted by Crippen LogP contribution is -2.11. The molecule has 146 valence electrons. The van der Waals surface area contributed by atoms with Gasteiger partial charge in [-0.15, -0.1) is 0 Å². The highest BCUT2D eigenvalue weighted by molar-refractivity contribution is 9.10. The molecule has 5 nitrogen and oxygen atoms in total. The molecule has 0 fully saturated rings. The Balaban J connectivity index is 2.32. The van der Waals surface area contributed by atoms with Gasteiger partial charge in [-0.05, 0) is 55.5 Å². The summed E-state index contributed by atoms with van der Waals surface area (Å²) >= 11 is 6.84. The first kappa shape index (κ1) is 21.0. The lowest BCUT2D eigenvalue weighted by atomic mass is 10.1. The van der Waals surface area contributed by atoms with Gasteiger partial charge in [-0.1, -0.05) is 31.9 Å². The third kappa shape index (κ3) is 4.34. The molecule has 1 heterocycles. The molecule has 1 aromatic heterocycles. The summed E-state index contributed by atoms with van der Waals surface area (Å²) in [4.78, 5) is 19.8. The highest BCUT2D eigenvalue weighted by atomic mass is 79.9. The normalized spacial score (nSPS) is 10.9. The maximum Gasteiger partial charge on any atom is 0.212 e. The Bertz CT molecular complexity index is 1120. The molecule has 0 atom stereocenters. The highest BCUT2D eigenvalue weighted by Crippen LogP contribution is 2.35. The molecule has 2 aromatic carbocycles. The third-order valence-corrected chi connectivity index (χ3v) is 5.38. The molecule has 0 unspecified atom stereocenters. The number of carbonyl (C=O) groups is 1. The molecule has 0 aliphatic heterocycles. The van der Waals surface area contributed by atoms with Crippen LogP contribution in [0, 0.1) is 18.3 Å². The van der Waals surface area contributed by atoms with Crippen LogP contribution in [0.1, 0.15) is 27.3 Å². The van der Waals surface area contributed by atoms with E-state index in [4.69, 9.17) is 0 Å². The number of aromatic nitrogens is 1. The van der Waals surface area contributed by atoms with Gasteiger partial charge >= 0.3 is 0 Å². The van der Waals surface area contributed by atoms with Gasteiger partial charge in [-0.3, -0.25) is 4.79 Å². The van der Waals surface area contributed by atoms with E-state index in [1.807, 2.05) is 57.4 Å². The monoisotopic (exact) mass is 512 g/mol. The molecule has 0 bridgehead atoms. The van der Waals surface area contributed by atoms with Gasteiger partial charge in [-0.25, -0.2) is 4.99 Å². The van der Waals surface area contributed by atoms with Crippen LogP contribution in [0.15, 0.2) is 62.5 Å². The van der Waals surface area contributed by atoms with Crippen molar-refractivity contribution in [2.24, 2.45) is 4.99 Å². The van der Waals surface area contributed by atoms with Crippen LogP contribution >= 0.6 is 31.9 Å². The van der Waals surface area contributed by atoms with Crippen LogP contribution in [0.25, 0.3) is 5.69 Å². The van der Waals surface area contributed by atoms with Crippen LogP contribution in [0.3, 0.4) is 0 Å². The molecule has 3 aromatic rings. The van der Waals surface area contributed by atoms with E-state index in [0.29, 0.717) is 28.2 Å². The standard InChI is InChI=1S/C22H18Br2N4O/c1-14-19(12-25)20(26-13-27(2)3)21(22(29)15-4-6-16(23)7-5-15)28(14)18-10-8-17(24)9-11-18/h4-11,13H,1-3H3. The van der Waals surface area contributed by atoms with Crippen LogP contribution in [0.5, 0.6) is 0 Å². The minimum atomic E-state index is -0.198. The average molecular weight is 514 g/mol. The molecule has 0 radical (unpaired) electrons. The van der Waals surface area contributed by atoms with E-state index in [9.17, 15) is 10.1 Å². The van der Waals surface area contributed by atoms with E-state index >= 15 is 0 Å². The molecule has 0 N–H and O–H groups in total.